The summed E-state index contributed by atoms with van der Waals surface area (Å²) in [7, 11) is 1.28. The Morgan fingerprint density at radius 2 is 1.82 bits per heavy atom. The zero-order chi connectivity index (χ0) is 28.2. The molecule has 1 N–H and O–H groups in total. The molecule has 2 aliphatic rings. The monoisotopic (exact) mass is 532 g/mol. The van der Waals surface area contributed by atoms with Crippen molar-refractivity contribution in [1.29, 1.82) is 0 Å². The third-order valence-corrected chi connectivity index (χ3v) is 6.09. The summed E-state index contributed by atoms with van der Waals surface area (Å²) in [6.07, 6.45) is 9.80. The van der Waals surface area contributed by atoms with E-state index in [2.05, 4.69) is 34.2 Å². The smallest absolute Gasteiger partial charge is 0.325 e. The van der Waals surface area contributed by atoms with Crippen molar-refractivity contribution in [1.82, 2.24) is 10.3 Å². The number of morpholine rings is 1. The normalized spacial score (nSPS) is 14.9. The van der Waals surface area contributed by atoms with Crippen molar-refractivity contribution in [3.05, 3.63) is 70.9 Å². The molecule has 1 fully saturated rings. The number of esters is 1. The molecule has 9 heteroatoms. The predicted octanol–water partition coefficient (Wildman–Crippen LogP) is 3.40. The molecule has 2 heterocycles. The lowest BCUT2D eigenvalue weighted by Crippen LogP contribution is -2.40. The number of anilines is 1. The maximum atomic E-state index is 13.5. The fourth-order valence-corrected chi connectivity index (χ4v) is 4.24. The van der Waals surface area contributed by atoms with Gasteiger partial charge in [0, 0.05) is 36.1 Å². The molecule has 39 heavy (non-hydrogen) atoms. The van der Waals surface area contributed by atoms with Gasteiger partial charge >= 0.3 is 5.97 Å². The van der Waals surface area contributed by atoms with Crippen LogP contribution in [0.4, 0.5) is 5.69 Å². The number of carbonyl (C=O) groups excluding carboxylic acids is 2. The number of benzene rings is 2. The van der Waals surface area contributed by atoms with Crippen molar-refractivity contribution in [2.45, 2.75) is 27.0 Å². The highest BCUT2D eigenvalue weighted by molar-refractivity contribution is 6.01. The van der Waals surface area contributed by atoms with Crippen LogP contribution in [0.3, 0.4) is 0 Å². The lowest BCUT2D eigenvalue weighted by molar-refractivity contribution is -0.140. The van der Waals surface area contributed by atoms with Crippen molar-refractivity contribution < 1.29 is 23.8 Å². The van der Waals surface area contributed by atoms with Crippen LogP contribution in [-0.2, 0) is 37.0 Å². The first-order valence-corrected chi connectivity index (χ1v) is 12.8. The molecule has 2 aliphatic heterocycles. The number of carbonyl (C=O) groups is 2. The summed E-state index contributed by atoms with van der Waals surface area (Å²) in [5, 5.41) is 9.00. The van der Waals surface area contributed by atoms with Crippen LogP contribution in [0.2, 0.25) is 0 Å². The lowest BCUT2D eigenvalue weighted by atomic mass is 9.97. The summed E-state index contributed by atoms with van der Waals surface area (Å²) in [5.41, 5.74) is 4.15. The van der Waals surface area contributed by atoms with Gasteiger partial charge in [-0.15, -0.1) is 12.8 Å². The minimum atomic E-state index is -0.538. The number of hydrogen-bond donors (Lipinski definition) is 1. The molecule has 0 aliphatic carbocycles. The summed E-state index contributed by atoms with van der Waals surface area (Å²) in [6.45, 7) is 7.32. The topological polar surface area (TPSA) is 92.7 Å². The van der Waals surface area contributed by atoms with Crippen molar-refractivity contribution >= 4 is 29.5 Å². The van der Waals surface area contributed by atoms with E-state index in [9.17, 15) is 9.59 Å². The Balaban J connectivity index is 0.00000205. The van der Waals surface area contributed by atoms with Crippen molar-refractivity contribution in [3.63, 3.8) is 0 Å². The van der Waals surface area contributed by atoms with Gasteiger partial charge in [0.05, 0.1) is 26.9 Å². The largest absolute Gasteiger partial charge is 0.486 e. The van der Waals surface area contributed by atoms with E-state index in [0.717, 1.165) is 35.5 Å². The molecule has 0 radical (unpaired) electrons. The van der Waals surface area contributed by atoms with Crippen LogP contribution in [0, 0.1) is 18.8 Å². The predicted molar refractivity (Wildman–Crippen MR) is 151 cm³/mol. The van der Waals surface area contributed by atoms with Crippen LogP contribution >= 0.6 is 0 Å². The van der Waals surface area contributed by atoms with Gasteiger partial charge < -0.3 is 24.4 Å². The van der Waals surface area contributed by atoms with E-state index in [4.69, 9.17) is 14.2 Å². The number of ether oxygens (including phenoxy) is 3. The summed E-state index contributed by atoms with van der Waals surface area (Å²) >= 11 is 0. The highest BCUT2D eigenvalue weighted by atomic mass is 16.5. The molecule has 9 nitrogen and oxygen atoms in total. The number of fused-ring (bicyclic) bond motifs is 1. The minimum Gasteiger partial charge on any atom is -0.486 e. The van der Waals surface area contributed by atoms with Crippen LogP contribution in [0.1, 0.15) is 30.5 Å². The van der Waals surface area contributed by atoms with Crippen molar-refractivity contribution in [3.8, 4) is 12.8 Å². The zero-order valence-electron chi connectivity index (χ0n) is 22.8. The maximum absolute atomic E-state index is 13.5. The molecule has 1 saturated heterocycles. The molecular weight excluding hydrogens is 496 g/mol. The molecule has 2 aromatic rings. The summed E-state index contributed by atoms with van der Waals surface area (Å²) < 4.78 is 16.7. The molecule has 0 unspecified atom stereocenters. The van der Waals surface area contributed by atoms with Gasteiger partial charge in [-0.1, -0.05) is 56.3 Å². The Hall–Kier alpha value is -4.29. The number of nitrogens with one attached hydrogen (secondary N) is 1. The number of terminal acetylenes is 1. The van der Waals surface area contributed by atoms with Gasteiger partial charge in [0.1, 0.15) is 13.2 Å². The molecule has 0 spiro atoms. The van der Waals surface area contributed by atoms with Crippen LogP contribution in [0.5, 0.6) is 0 Å². The van der Waals surface area contributed by atoms with Gasteiger partial charge in [0.15, 0.2) is 11.5 Å². The number of nitrogens with zero attached hydrogens (tertiary/aromatic N) is 3. The first-order chi connectivity index (χ1) is 19.0. The van der Waals surface area contributed by atoms with Crippen LogP contribution in [0.15, 0.2) is 59.3 Å². The quantitative estimate of drug-likeness (QED) is 0.301. The van der Waals surface area contributed by atoms with E-state index in [1.54, 1.807) is 11.2 Å². The van der Waals surface area contributed by atoms with Crippen molar-refractivity contribution in [2.24, 2.45) is 11.0 Å². The first kappa shape index (κ1) is 29.3. The summed E-state index contributed by atoms with van der Waals surface area (Å²) in [4.78, 5) is 27.6. The second kappa shape index (κ2) is 14.6. The van der Waals surface area contributed by atoms with Gasteiger partial charge in [0.2, 0.25) is 0 Å². The number of methoxy groups -OCH3 is 1. The Morgan fingerprint density at radius 3 is 2.49 bits per heavy atom. The molecule has 0 bridgehead atoms. The van der Waals surface area contributed by atoms with Gasteiger partial charge in [0.25, 0.3) is 5.91 Å². The second-order valence-corrected chi connectivity index (χ2v) is 9.18. The fraction of sp³-hybridized carbons (Fsp3) is 0.367. The van der Waals surface area contributed by atoms with E-state index in [0.29, 0.717) is 25.5 Å². The SMILES string of the molecule is C#C.COC(=O)CNC(=O)C1=C(OCc2ccccc2)c2cccc(N3CCOCC3)c2CN1/N=C\C(C)C. The van der Waals surface area contributed by atoms with E-state index < -0.39 is 11.9 Å². The van der Waals surface area contributed by atoms with Crippen LogP contribution < -0.4 is 10.2 Å². The van der Waals surface area contributed by atoms with E-state index >= 15 is 0 Å². The highest BCUT2D eigenvalue weighted by Gasteiger charge is 2.34. The lowest BCUT2D eigenvalue weighted by Gasteiger charge is -2.36. The molecule has 2 aromatic carbocycles. The van der Waals surface area contributed by atoms with E-state index in [1.165, 1.54) is 7.11 Å². The Morgan fingerprint density at radius 1 is 1.10 bits per heavy atom. The summed E-state index contributed by atoms with van der Waals surface area (Å²) in [6, 6.07) is 15.8. The van der Waals surface area contributed by atoms with Crippen LogP contribution in [0.25, 0.3) is 5.76 Å². The van der Waals surface area contributed by atoms with Gasteiger partial charge in [-0.25, -0.2) is 0 Å². The molecule has 206 valence electrons. The highest BCUT2D eigenvalue weighted by Crippen LogP contribution is 2.38. The minimum absolute atomic E-state index is 0.170. The molecule has 0 saturated carbocycles. The fourth-order valence-electron chi connectivity index (χ4n) is 4.24. The average Bonchev–Trinajstić information content (AvgIpc) is 2.98. The van der Waals surface area contributed by atoms with Crippen molar-refractivity contribution in [2.75, 3.05) is 44.9 Å². The van der Waals surface area contributed by atoms with Gasteiger partial charge in [-0.05, 0) is 17.5 Å². The molecule has 1 amide bonds. The molecule has 0 aromatic heterocycles. The maximum Gasteiger partial charge on any atom is 0.325 e. The van der Waals surface area contributed by atoms with Crippen LogP contribution in [-0.4, -0.2) is 63.1 Å². The Bertz CT molecular complexity index is 1200. The Labute approximate surface area is 230 Å². The number of hydrogen-bond acceptors (Lipinski definition) is 8. The number of hydrazone groups is 1. The molecular formula is C30H36N4O5. The van der Waals surface area contributed by atoms with Gasteiger partial charge in [-0.2, -0.15) is 5.10 Å². The third kappa shape index (κ3) is 7.62. The molecule has 0 atom stereocenters. The average molecular weight is 533 g/mol. The number of rotatable bonds is 9. The number of amides is 1. The molecule has 4 rings (SSSR count). The van der Waals surface area contributed by atoms with E-state index in [1.807, 2.05) is 56.3 Å². The third-order valence-electron chi connectivity index (χ3n) is 6.09. The Kier molecular flexibility index (Phi) is 11.0. The van der Waals surface area contributed by atoms with E-state index in [-0.39, 0.29) is 24.8 Å². The zero-order valence-corrected chi connectivity index (χ0v) is 22.8. The second-order valence-electron chi connectivity index (χ2n) is 9.18. The first-order valence-electron chi connectivity index (χ1n) is 12.8. The summed E-state index contributed by atoms with van der Waals surface area (Å²) in [5.74, 6) is -0.409. The van der Waals surface area contributed by atoms with Gasteiger partial charge in [-0.3, -0.25) is 14.6 Å². The standard InChI is InChI=1S/C28H34N4O5.C2H2/c1-20(2)16-30-32-18-23-22(10-7-11-24(23)31-12-14-36-15-13-31)27(37-19-21-8-5-4-6-9-21)26(32)28(34)29-17-25(33)35-3;1-2/h4-11,16,20H,12-15,17-19H2,1-3H3,(H,29,34);1-2H/b30-16-;.